The third kappa shape index (κ3) is 7.06. The molecule has 1 heteroatoms. The molecule has 1 nitrogen and oxygen atoms in total. The zero-order valence-corrected chi connectivity index (χ0v) is 10.1. The molecular formula is C12H27N. The first kappa shape index (κ1) is 13.0. The summed E-state index contributed by atoms with van der Waals surface area (Å²) >= 11 is 0. The van der Waals surface area contributed by atoms with E-state index in [-0.39, 0.29) is 0 Å². The quantitative estimate of drug-likeness (QED) is 0.600. The fourth-order valence-electron chi connectivity index (χ4n) is 1.41. The van der Waals surface area contributed by atoms with Crippen molar-refractivity contribution in [3.8, 4) is 0 Å². The van der Waals surface area contributed by atoms with Crippen LogP contribution in [0, 0.1) is 17.8 Å². The van der Waals surface area contributed by atoms with Gasteiger partial charge < -0.3 is 5.32 Å². The van der Waals surface area contributed by atoms with Crippen molar-refractivity contribution in [3.05, 3.63) is 0 Å². The van der Waals surface area contributed by atoms with Crippen molar-refractivity contribution in [1.82, 2.24) is 5.32 Å². The summed E-state index contributed by atoms with van der Waals surface area (Å²) in [5, 5.41) is 3.49. The minimum Gasteiger partial charge on any atom is -0.316 e. The molecular weight excluding hydrogens is 158 g/mol. The van der Waals surface area contributed by atoms with Gasteiger partial charge in [0.05, 0.1) is 0 Å². The lowest BCUT2D eigenvalue weighted by atomic mass is 9.91. The Labute approximate surface area is 84.3 Å². The summed E-state index contributed by atoms with van der Waals surface area (Å²) in [5.41, 5.74) is 0. The molecule has 0 aromatic rings. The van der Waals surface area contributed by atoms with Crippen LogP contribution in [-0.2, 0) is 0 Å². The summed E-state index contributed by atoms with van der Waals surface area (Å²) in [4.78, 5) is 0. The SMILES string of the molecule is CCC(C)[C@@H](C)CCNCC(C)C. The van der Waals surface area contributed by atoms with Gasteiger partial charge in [-0.25, -0.2) is 0 Å². The van der Waals surface area contributed by atoms with E-state index in [2.05, 4.69) is 39.9 Å². The minimum atomic E-state index is 0.777. The molecule has 0 fully saturated rings. The van der Waals surface area contributed by atoms with Gasteiger partial charge in [-0.1, -0.05) is 41.0 Å². The maximum absolute atomic E-state index is 3.49. The van der Waals surface area contributed by atoms with Crippen LogP contribution >= 0.6 is 0 Å². The largest absolute Gasteiger partial charge is 0.316 e. The van der Waals surface area contributed by atoms with Gasteiger partial charge in [-0.05, 0) is 37.3 Å². The molecule has 0 aliphatic carbocycles. The summed E-state index contributed by atoms with van der Waals surface area (Å²) in [6.45, 7) is 13.9. The Bertz CT molecular complexity index is 110. The van der Waals surface area contributed by atoms with E-state index in [1.165, 1.54) is 19.4 Å². The first-order valence-corrected chi connectivity index (χ1v) is 5.78. The Hall–Kier alpha value is -0.0400. The lowest BCUT2D eigenvalue weighted by molar-refractivity contribution is 0.346. The normalized spacial score (nSPS) is 16.2. The number of rotatable bonds is 7. The van der Waals surface area contributed by atoms with Crippen molar-refractivity contribution in [1.29, 1.82) is 0 Å². The van der Waals surface area contributed by atoms with Crippen LogP contribution in [0.5, 0.6) is 0 Å². The molecule has 0 amide bonds. The predicted molar refractivity (Wildman–Crippen MR) is 60.9 cm³/mol. The molecule has 2 atom stereocenters. The third-order valence-electron chi connectivity index (χ3n) is 2.94. The van der Waals surface area contributed by atoms with E-state index >= 15 is 0 Å². The van der Waals surface area contributed by atoms with Crippen LogP contribution in [0.3, 0.4) is 0 Å². The van der Waals surface area contributed by atoms with Crippen molar-refractivity contribution in [2.45, 2.75) is 47.5 Å². The van der Waals surface area contributed by atoms with Crippen molar-refractivity contribution in [3.63, 3.8) is 0 Å². The second-order valence-electron chi connectivity index (χ2n) is 4.75. The Kier molecular flexibility index (Phi) is 7.35. The second kappa shape index (κ2) is 7.37. The molecule has 0 aromatic heterocycles. The average Bonchev–Trinajstić information content (AvgIpc) is 2.10. The van der Waals surface area contributed by atoms with E-state index in [4.69, 9.17) is 0 Å². The maximum atomic E-state index is 3.49. The van der Waals surface area contributed by atoms with Crippen LogP contribution in [0.15, 0.2) is 0 Å². The molecule has 0 saturated carbocycles. The summed E-state index contributed by atoms with van der Waals surface area (Å²) in [6, 6.07) is 0. The molecule has 80 valence electrons. The molecule has 0 aromatic carbocycles. The monoisotopic (exact) mass is 185 g/mol. The van der Waals surface area contributed by atoms with Crippen LogP contribution in [-0.4, -0.2) is 13.1 Å². The van der Waals surface area contributed by atoms with Gasteiger partial charge in [0.25, 0.3) is 0 Å². The van der Waals surface area contributed by atoms with Gasteiger partial charge in [-0.15, -0.1) is 0 Å². The molecule has 0 spiro atoms. The first-order chi connectivity index (χ1) is 6.07. The average molecular weight is 185 g/mol. The number of hydrogen-bond donors (Lipinski definition) is 1. The van der Waals surface area contributed by atoms with Gasteiger partial charge in [0, 0.05) is 0 Å². The van der Waals surface area contributed by atoms with E-state index in [0.29, 0.717) is 0 Å². The van der Waals surface area contributed by atoms with Crippen LogP contribution < -0.4 is 5.32 Å². The molecule has 1 unspecified atom stereocenters. The van der Waals surface area contributed by atoms with Gasteiger partial charge in [0.1, 0.15) is 0 Å². The van der Waals surface area contributed by atoms with Gasteiger partial charge in [0.2, 0.25) is 0 Å². The topological polar surface area (TPSA) is 12.0 Å². The zero-order chi connectivity index (χ0) is 10.3. The predicted octanol–water partition coefficient (Wildman–Crippen LogP) is 3.30. The Balaban J connectivity index is 3.31. The highest BCUT2D eigenvalue weighted by atomic mass is 14.8. The maximum Gasteiger partial charge on any atom is -0.00258 e. The van der Waals surface area contributed by atoms with Gasteiger partial charge >= 0.3 is 0 Å². The molecule has 0 rings (SSSR count). The highest BCUT2D eigenvalue weighted by Gasteiger charge is 2.08. The fraction of sp³-hybridized carbons (Fsp3) is 1.00. The van der Waals surface area contributed by atoms with E-state index in [1.54, 1.807) is 0 Å². The molecule has 0 bridgehead atoms. The lowest BCUT2D eigenvalue weighted by Crippen LogP contribution is -2.23. The van der Waals surface area contributed by atoms with Crippen molar-refractivity contribution in [2.24, 2.45) is 17.8 Å². The van der Waals surface area contributed by atoms with E-state index < -0.39 is 0 Å². The molecule has 0 aliphatic rings. The highest BCUT2D eigenvalue weighted by Crippen LogP contribution is 2.17. The van der Waals surface area contributed by atoms with Gasteiger partial charge in [-0.2, -0.15) is 0 Å². The lowest BCUT2D eigenvalue weighted by Gasteiger charge is -2.18. The van der Waals surface area contributed by atoms with Crippen LogP contribution in [0.25, 0.3) is 0 Å². The molecule has 1 N–H and O–H groups in total. The fourth-order valence-corrected chi connectivity index (χ4v) is 1.41. The number of nitrogens with one attached hydrogen (secondary N) is 1. The molecule has 0 aliphatic heterocycles. The van der Waals surface area contributed by atoms with Crippen molar-refractivity contribution < 1.29 is 0 Å². The van der Waals surface area contributed by atoms with E-state index in [1.807, 2.05) is 0 Å². The van der Waals surface area contributed by atoms with E-state index in [9.17, 15) is 0 Å². The Morgan fingerprint density at radius 1 is 1.00 bits per heavy atom. The van der Waals surface area contributed by atoms with Crippen LogP contribution in [0.4, 0.5) is 0 Å². The second-order valence-corrected chi connectivity index (χ2v) is 4.75. The Morgan fingerprint density at radius 2 is 1.62 bits per heavy atom. The van der Waals surface area contributed by atoms with Crippen molar-refractivity contribution >= 4 is 0 Å². The molecule has 0 radical (unpaired) electrons. The Morgan fingerprint density at radius 3 is 2.08 bits per heavy atom. The summed E-state index contributed by atoms with van der Waals surface area (Å²) < 4.78 is 0. The summed E-state index contributed by atoms with van der Waals surface area (Å²) in [5.74, 6) is 2.52. The molecule has 13 heavy (non-hydrogen) atoms. The van der Waals surface area contributed by atoms with Crippen LogP contribution in [0.2, 0.25) is 0 Å². The van der Waals surface area contributed by atoms with Crippen molar-refractivity contribution in [2.75, 3.05) is 13.1 Å². The first-order valence-electron chi connectivity index (χ1n) is 5.78. The minimum absolute atomic E-state index is 0.777. The standard InChI is InChI=1S/C12H27N/c1-6-11(4)12(5)7-8-13-9-10(2)3/h10-13H,6-9H2,1-5H3/t11?,12-/m0/s1. The van der Waals surface area contributed by atoms with Crippen LogP contribution in [0.1, 0.15) is 47.5 Å². The zero-order valence-electron chi connectivity index (χ0n) is 10.1. The summed E-state index contributed by atoms with van der Waals surface area (Å²) in [7, 11) is 0. The van der Waals surface area contributed by atoms with E-state index in [0.717, 1.165) is 24.3 Å². The molecule has 0 heterocycles. The van der Waals surface area contributed by atoms with Gasteiger partial charge in [-0.3, -0.25) is 0 Å². The smallest absolute Gasteiger partial charge is 0.00258 e. The highest BCUT2D eigenvalue weighted by molar-refractivity contribution is 4.62. The number of hydrogen-bond acceptors (Lipinski definition) is 1. The molecule has 0 saturated heterocycles. The third-order valence-corrected chi connectivity index (χ3v) is 2.94. The van der Waals surface area contributed by atoms with Gasteiger partial charge in [0.15, 0.2) is 0 Å². The summed E-state index contributed by atoms with van der Waals surface area (Å²) in [6.07, 6.45) is 2.63.